The van der Waals surface area contributed by atoms with E-state index in [1.807, 2.05) is 11.4 Å². The molecule has 0 bridgehead atoms. The van der Waals surface area contributed by atoms with E-state index >= 15 is 0 Å². The molecule has 1 fully saturated rings. The molecule has 1 aliphatic heterocycles. The number of aromatic amines is 1. The maximum atomic E-state index is 11.9. The summed E-state index contributed by atoms with van der Waals surface area (Å²) < 4.78 is 0.728. The van der Waals surface area contributed by atoms with Gasteiger partial charge in [-0.3, -0.25) is 9.69 Å². The molecule has 96 valence electrons. The number of piperidine rings is 1. The van der Waals surface area contributed by atoms with Crippen LogP contribution in [0.2, 0.25) is 0 Å². The second kappa shape index (κ2) is 4.82. The second-order valence-electron chi connectivity index (χ2n) is 5.13. The van der Waals surface area contributed by atoms with Crippen molar-refractivity contribution in [1.29, 1.82) is 0 Å². The van der Waals surface area contributed by atoms with E-state index in [1.165, 1.54) is 24.2 Å². The van der Waals surface area contributed by atoms with Crippen molar-refractivity contribution in [2.45, 2.75) is 26.3 Å². The SMILES string of the molecule is C[C@H]1CCCN(Cc2nc3ccsc3c(=O)[nH]2)C1. The van der Waals surface area contributed by atoms with E-state index in [0.717, 1.165) is 41.6 Å². The first-order valence-corrected chi connectivity index (χ1v) is 7.29. The molecule has 0 spiro atoms. The van der Waals surface area contributed by atoms with Crippen LogP contribution in [0.3, 0.4) is 0 Å². The molecule has 0 saturated carbocycles. The highest BCUT2D eigenvalue weighted by Gasteiger charge is 2.17. The van der Waals surface area contributed by atoms with Gasteiger partial charge in [0.15, 0.2) is 0 Å². The third-order valence-electron chi connectivity index (χ3n) is 3.48. The van der Waals surface area contributed by atoms with Gasteiger partial charge in [0.05, 0.1) is 12.1 Å². The fourth-order valence-corrected chi connectivity index (χ4v) is 3.36. The van der Waals surface area contributed by atoms with Crippen LogP contribution >= 0.6 is 11.3 Å². The molecule has 1 atom stereocenters. The Balaban J connectivity index is 1.83. The van der Waals surface area contributed by atoms with E-state index in [1.54, 1.807) is 0 Å². The topological polar surface area (TPSA) is 49.0 Å². The van der Waals surface area contributed by atoms with Gasteiger partial charge in [0.25, 0.3) is 5.56 Å². The number of aromatic nitrogens is 2. The summed E-state index contributed by atoms with van der Waals surface area (Å²) in [5.74, 6) is 1.54. The van der Waals surface area contributed by atoms with Crippen LogP contribution in [0, 0.1) is 5.92 Å². The molecule has 1 N–H and O–H groups in total. The first kappa shape index (κ1) is 11.9. The Hall–Kier alpha value is -1.20. The Morgan fingerprint density at radius 1 is 1.61 bits per heavy atom. The maximum absolute atomic E-state index is 11.9. The lowest BCUT2D eigenvalue weighted by atomic mass is 10.0. The summed E-state index contributed by atoms with van der Waals surface area (Å²) in [6, 6.07) is 1.91. The van der Waals surface area contributed by atoms with Gasteiger partial charge in [0, 0.05) is 6.54 Å². The van der Waals surface area contributed by atoms with E-state index in [0.29, 0.717) is 0 Å². The Morgan fingerprint density at radius 2 is 2.50 bits per heavy atom. The monoisotopic (exact) mass is 263 g/mol. The van der Waals surface area contributed by atoms with Gasteiger partial charge >= 0.3 is 0 Å². The Morgan fingerprint density at radius 3 is 3.33 bits per heavy atom. The Kier molecular flexibility index (Phi) is 3.18. The molecule has 4 nitrogen and oxygen atoms in total. The summed E-state index contributed by atoms with van der Waals surface area (Å²) in [6.45, 7) is 5.25. The van der Waals surface area contributed by atoms with Crippen molar-refractivity contribution in [3.63, 3.8) is 0 Å². The van der Waals surface area contributed by atoms with Crippen molar-refractivity contribution in [3.05, 3.63) is 27.6 Å². The summed E-state index contributed by atoms with van der Waals surface area (Å²) in [6.07, 6.45) is 2.55. The zero-order chi connectivity index (χ0) is 12.5. The lowest BCUT2D eigenvalue weighted by molar-refractivity contribution is 0.173. The second-order valence-corrected chi connectivity index (χ2v) is 6.05. The summed E-state index contributed by atoms with van der Waals surface area (Å²) in [4.78, 5) is 21.7. The van der Waals surface area contributed by atoms with Gasteiger partial charge in [-0.15, -0.1) is 11.3 Å². The molecular weight excluding hydrogens is 246 g/mol. The van der Waals surface area contributed by atoms with Gasteiger partial charge in [-0.05, 0) is 36.8 Å². The molecule has 0 radical (unpaired) electrons. The van der Waals surface area contributed by atoms with Gasteiger partial charge in [-0.2, -0.15) is 0 Å². The largest absolute Gasteiger partial charge is 0.308 e. The van der Waals surface area contributed by atoms with Gasteiger partial charge in [-0.1, -0.05) is 6.92 Å². The minimum atomic E-state index is -0.00458. The number of likely N-dealkylation sites (tertiary alicyclic amines) is 1. The van der Waals surface area contributed by atoms with Crippen molar-refractivity contribution in [2.75, 3.05) is 13.1 Å². The standard InChI is InChI=1S/C13H17N3OS/c1-9-3-2-5-16(7-9)8-11-14-10-4-6-18-12(10)13(17)15-11/h4,6,9H,2-3,5,7-8H2,1H3,(H,14,15,17)/t9-/m0/s1. The van der Waals surface area contributed by atoms with Gasteiger partial charge < -0.3 is 4.98 Å². The first-order valence-electron chi connectivity index (χ1n) is 6.41. The first-order chi connectivity index (χ1) is 8.72. The summed E-state index contributed by atoms with van der Waals surface area (Å²) >= 11 is 1.45. The lowest BCUT2D eigenvalue weighted by Crippen LogP contribution is -2.34. The molecule has 3 heterocycles. The number of hydrogen-bond acceptors (Lipinski definition) is 4. The molecular formula is C13H17N3OS. The molecule has 0 aliphatic carbocycles. The predicted molar refractivity (Wildman–Crippen MR) is 73.9 cm³/mol. The Labute approximate surface area is 110 Å². The van der Waals surface area contributed by atoms with Crippen LogP contribution in [0.5, 0.6) is 0 Å². The van der Waals surface area contributed by atoms with E-state index in [-0.39, 0.29) is 5.56 Å². The van der Waals surface area contributed by atoms with Gasteiger partial charge in [0.1, 0.15) is 10.5 Å². The number of hydrogen-bond donors (Lipinski definition) is 1. The number of H-pyrrole nitrogens is 1. The summed E-state index contributed by atoms with van der Waals surface area (Å²) in [7, 11) is 0. The zero-order valence-corrected chi connectivity index (χ0v) is 11.3. The summed E-state index contributed by atoms with van der Waals surface area (Å²) in [5, 5.41) is 1.92. The third kappa shape index (κ3) is 2.33. The quantitative estimate of drug-likeness (QED) is 0.903. The smallest absolute Gasteiger partial charge is 0.268 e. The van der Waals surface area contributed by atoms with Crippen LogP contribution < -0.4 is 5.56 Å². The van der Waals surface area contributed by atoms with E-state index in [2.05, 4.69) is 21.8 Å². The number of fused-ring (bicyclic) bond motifs is 1. The van der Waals surface area contributed by atoms with Gasteiger partial charge in [-0.25, -0.2) is 4.98 Å². The molecule has 3 rings (SSSR count). The van der Waals surface area contributed by atoms with Crippen LogP contribution in [0.15, 0.2) is 16.2 Å². The minimum absolute atomic E-state index is 0.00458. The number of nitrogens with one attached hydrogen (secondary N) is 1. The molecule has 0 unspecified atom stereocenters. The average Bonchev–Trinajstić information content (AvgIpc) is 2.77. The highest BCUT2D eigenvalue weighted by atomic mass is 32.1. The molecule has 2 aromatic heterocycles. The van der Waals surface area contributed by atoms with Crippen LogP contribution in [0.4, 0.5) is 0 Å². The van der Waals surface area contributed by atoms with Crippen molar-refractivity contribution in [1.82, 2.24) is 14.9 Å². The van der Waals surface area contributed by atoms with Crippen LogP contribution in [0.25, 0.3) is 10.2 Å². The molecule has 0 aromatic carbocycles. The average molecular weight is 263 g/mol. The molecule has 2 aromatic rings. The number of rotatable bonds is 2. The third-order valence-corrected chi connectivity index (χ3v) is 4.38. The van der Waals surface area contributed by atoms with Crippen molar-refractivity contribution in [3.8, 4) is 0 Å². The summed E-state index contributed by atoms with van der Waals surface area (Å²) in [5.41, 5.74) is 0.818. The van der Waals surface area contributed by atoms with Crippen LogP contribution in [0.1, 0.15) is 25.6 Å². The van der Waals surface area contributed by atoms with E-state index < -0.39 is 0 Å². The van der Waals surface area contributed by atoms with Crippen molar-refractivity contribution >= 4 is 21.6 Å². The molecule has 5 heteroatoms. The lowest BCUT2D eigenvalue weighted by Gasteiger charge is -2.30. The van der Waals surface area contributed by atoms with Gasteiger partial charge in [0.2, 0.25) is 0 Å². The highest BCUT2D eigenvalue weighted by molar-refractivity contribution is 7.17. The molecule has 1 aliphatic rings. The van der Waals surface area contributed by atoms with E-state index in [9.17, 15) is 4.79 Å². The molecule has 18 heavy (non-hydrogen) atoms. The van der Waals surface area contributed by atoms with Crippen molar-refractivity contribution in [2.24, 2.45) is 5.92 Å². The molecule has 1 saturated heterocycles. The minimum Gasteiger partial charge on any atom is -0.308 e. The number of nitrogens with zero attached hydrogens (tertiary/aromatic N) is 2. The van der Waals surface area contributed by atoms with Crippen molar-refractivity contribution < 1.29 is 0 Å². The Bertz CT molecular complexity index is 604. The van der Waals surface area contributed by atoms with E-state index in [4.69, 9.17) is 0 Å². The van der Waals surface area contributed by atoms with Crippen LogP contribution in [-0.4, -0.2) is 28.0 Å². The highest BCUT2D eigenvalue weighted by Crippen LogP contribution is 2.18. The maximum Gasteiger partial charge on any atom is 0.268 e. The normalized spacial score (nSPS) is 21.5. The van der Waals surface area contributed by atoms with Crippen LogP contribution in [-0.2, 0) is 6.54 Å². The number of thiophene rings is 1. The molecule has 0 amide bonds. The zero-order valence-electron chi connectivity index (χ0n) is 10.5. The fraction of sp³-hybridized carbons (Fsp3) is 0.538. The predicted octanol–water partition coefficient (Wildman–Crippen LogP) is 2.22. The fourth-order valence-electron chi connectivity index (χ4n) is 2.64.